The maximum atomic E-state index is 13.6. The number of ether oxygens (including phenoxy) is 9. The van der Waals surface area contributed by atoms with Gasteiger partial charge in [0.1, 0.15) is 52.5 Å². The predicted octanol–water partition coefficient (Wildman–Crippen LogP) is 2.80. The maximum absolute atomic E-state index is 13.6. The van der Waals surface area contributed by atoms with Crippen LogP contribution < -0.4 is 15.2 Å². The van der Waals surface area contributed by atoms with Gasteiger partial charge >= 0.3 is 11.9 Å². The largest absolute Gasteiger partial charge is 0.506 e. The summed E-state index contributed by atoms with van der Waals surface area (Å²) in [6.45, 7) is 7.22. The van der Waals surface area contributed by atoms with Gasteiger partial charge in [0, 0.05) is 24.7 Å². The van der Waals surface area contributed by atoms with E-state index < -0.39 is 90.9 Å². The smallest absolute Gasteiger partial charge is 0.347 e. The Hall–Kier alpha value is -3.64. The van der Waals surface area contributed by atoms with Crippen molar-refractivity contribution in [2.45, 2.75) is 120 Å². The van der Waals surface area contributed by atoms with Crippen molar-refractivity contribution in [1.82, 2.24) is 0 Å². The summed E-state index contributed by atoms with van der Waals surface area (Å²) < 4.78 is 54.9. The van der Waals surface area contributed by atoms with Crippen molar-refractivity contribution in [2.75, 3.05) is 13.7 Å². The first kappa shape index (κ1) is 36.3. The van der Waals surface area contributed by atoms with Gasteiger partial charge in [-0.25, -0.2) is 4.79 Å². The normalized spacial score (nSPS) is 39.4. The van der Waals surface area contributed by atoms with Crippen LogP contribution in [0.5, 0.6) is 17.2 Å². The van der Waals surface area contributed by atoms with Crippen LogP contribution in [-0.2, 0) is 38.0 Å². The highest BCUT2D eigenvalue weighted by Gasteiger charge is 2.58. The van der Waals surface area contributed by atoms with Gasteiger partial charge in [0.25, 0.3) is 0 Å². The summed E-state index contributed by atoms with van der Waals surface area (Å²) >= 11 is 0. The average molecular weight is 740 g/mol. The molecule has 0 spiro atoms. The Labute approximate surface area is 305 Å². The van der Waals surface area contributed by atoms with E-state index in [4.69, 9.17) is 48.4 Å². The lowest BCUT2D eigenvalue weighted by Gasteiger charge is -2.51. The minimum Gasteiger partial charge on any atom is -0.506 e. The Kier molecular flexibility index (Phi) is 9.31. The fourth-order valence-corrected chi connectivity index (χ4v) is 8.59. The number of allylic oxidation sites excluding steroid dienone is 3. The standard InChI is InChI=1S/C38H45NO14/c1-15-12-13-20-24-22(15)34(42)52-30-23-18(29(41)26(25(24)30)35(43)49-20)9-8-10-19(23)50-37-33(53-36-27(39)31(45-5)28(40)16(2)47-36)38(4,44)32(17(3)48-37)51-21-11-6-7-14-46-21/h8-10,12-13,16-17,21-22,24,27-28,31-33,36-37,40-41,44H,6-7,11,14,39H2,1-5H3/t16-,17-,21?,22?,24?,27-,28+,31-,32+,33+,36-,37+,38+/m1/s1. The number of phenolic OH excluding ortho intramolecular Hbond substituents is 1. The molecule has 5 N–H and O–H groups in total. The van der Waals surface area contributed by atoms with Crippen molar-refractivity contribution in [3.05, 3.63) is 52.8 Å². The van der Waals surface area contributed by atoms with E-state index >= 15 is 0 Å². The monoisotopic (exact) mass is 739 g/mol. The fourth-order valence-electron chi connectivity index (χ4n) is 8.59. The van der Waals surface area contributed by atoms with Gasteiger partial charge < -0.3 is 63.7 Å². The van der Waals surface area contributed by atoms with Gasteiger partial charge in [-0.05, 0) is 59.1 Å². The fraction of sp³-hybridized carbons (Fsp3) is 0.579. The average Bonchev–Trinajstić information content (AvgIpc) is 3.12. The van der Waals surface area contributed by atoms with Crippen molar-refractivity contribution in [2.24, 2.45) is 11.7 Å². The van der Waals surface area contributed by atoms with Crippen molar-refractivity contribution in [3.8, 4) is 17.2 Å². The van der Waals surface area contributed by atoms with Gasteiger partial charge in [-0.3, -0.25) is 4.79 Å². The molecule has 0 bridgehead atoms. The summed E-state index contributed by atoms with van der Waals surface area (Å²) in [5.74, 6) is -2.78. The van der Waals surface area contributed by atoms with Crippen LogP contribution in [0.2, 0.25) is 0 Å². The van der Waals surface area contributed by atoms with Gasteiger partial charge in [0.2, 0.25) is 6.29 Å². The van der Waals surface area contributed by atoms with Crippen LogP contribution in [0.1, 0.15) is 68.8 Å². The third kappa shape index (κ3) is 5.84. The minimum absolute atomic E-state index is 0.0408. The van der Waals surface area contributed by atoms with Crippen molar-refractivity contribution in [1.29, 1.82) is 0 Å². The molecule has 3 unspecified atom stereocenters. The van der Waals surface area contributed by atoms with E-state index in [2.05, 4.69) is 0 Å². The number of nitrogens with two attached hydrogens (primary N) is 1. The van der Waals surface area contributed by atoms with E-state index in [-0.39, 0.29) is 39.3 Å². The number of fused-ring (bicyclic) bond motifs is 2. The number of aliphatic hydroxyl groups is 2. The van der Waals surface area contributed by atoms with Gasteiger partial charge in [-0.1, -0.05) is 23.8 Å². The SMILES string of the molecule is CO[C@@H]1[C@@H](N)[C@@H](O[C@H]2[C@H](Oc3cccc4c(O)c5c6c(c34)OC(=O)C3C(C)=CC=C(OC5=O)C63)O[C@H](C)[C@H](OC3CCCCO3)[C@]2(C)O)O[C@H](C)[C@@H]1O. The predicted molar refractivity (Wildman–Crippen MR) is 183 cm³/mol. The van der Waals surface area contributed by atoms with Crippen LogP contribution in [0.15, 0.2) is 41.7 Å². The molecule has 53 heavy (non-hydrogen) atoms. The number of rotatable bonds is 7. The Morgan fingerprint density at radius 3 is 2.49 bits per heavy atom. The molecule has 0 aromatic heterocycles. The lowest BCUT2D eigenvalue weighted by Crippen LogP contribution is -2.70. The van der Waals surface area contributed by atoms with Crippen LogP contribution in [0, 0.1) is 5.92 Å². The van der Waals surface area contributed by atoms with E-state index in [0.29, 0.717) is 24.2 Å². The van der Waals surface area contributed by atoms with Gasteiger partial charge in [-0.15, -0.1) is 0 Å². The second-order valence-corrected chi connectivity index (χ2v) is 14.8. The van der Waals surface area contributed by atoms with Gasteiger partial charge in [0.05, 0.1) is 35.5 Å². The molecule has 0 radical (unpaired) electrons. The number of aliphatic hydroxyl groups excluding tert-OH is 1. The number of aromatic hydroxyl groups is 1. The summed E-state index contributed by atoms with van der Waals surface area (Å²) in [6.07, 6.45) is -3.17. The molecule has 8 rings (SSSR count). The first-order valence-corrected chi connectivity index (χ1v) is 18.0. The lowest BCUT2D eigenvalue weighted by molar-refractivity contribution is -0.372. The van der Waals surface area contributed by atoms with Crippen molar-refractivity contribution in [3.63, 3.8) is 0 Å². The molecule has 5 heterocycles. The molecule has 5 aliphatic heterocycles. The van der Waals surface area contributed by atoms with E-state index in [0.717, 1.165) is 12.8 Å². The zero-order valence-corrected chi connectivity index (χ0v) is 30.1. The zero-order valence-electron chi connectivity index (χ0n) is 30.1. The van der Waals surface area contributed by atoms with E-state index in [1.165, 1.54) is 14.0 Å². The molecule has 6 aliphatic rings. The maximum Gasteiger partial charge on any atom is 0.347 e. The molecular formula is C38H45NO14. The molecule has 0 saturated carbocycles. The highest BCUT2D eigenvalue weighted by Crippen LogP contribution is 2.57. The molecule has 15 nitrogen and oxygen atoms in total. The summed E-state index contributed by atoms with van der Waals surface area (Å²) in [4.78, 5) is 27.0. The Bertz CT molecular complexity index is 1870. The summed E-state index contributed by atoms with van der Waals surface area (Å²) in [7, 11) is 1.42. The quantitative estimate of drug-likeness (QED) is 0.238. The van der Waals surface area contributed by atoms with Crippen molar-refractivity contribution >= 4 is 22.7 Å². The molecule has 2 aromatic carbocycles. The molecular weight excluding hydrogens is 694 g/mol. The topological polar surface area (TPSA) is 204 Å². The molecule has 286 valence electrons. The van der Waals surface area contributed by atoms with Crippen LogP contribution >= 0.6 is 0 Å². The third-order valence-corrected chi connectivity index (χ3v) is 11.3. The molecule has 1 aliphatic carbocycles. The Morgan fingerprint density at radius 1 is 0.981 bits per heavy atom. The number of benzene rings is 2. The van der Waals surface area contributed by atoms with E-state index in [9.17, 15) is 24.9 Å². The second-order valence-electron chi connectivity index (χ2n) is 14.8. The number of hydrogen-bond donors (Lipinski definition) is 4. The summed E-state index contributed by atoms with van der Waals surface area (Å²) in [6, 6.07) is 3.76. The zero-order chi connectivity index (χ0) is 37.5. The number of hydrogen-bond acceptors (Lipinski definition) is 15. The first-order chi connectivity index (χ1) is 25.3. The summed E-state index contributed by atoms with van der Waals surface area (Å²) in [5.41, 5.74) is 5.61. The number of phenols is 1. The van der Waals surface area contributed by atoms with Crippen LogP contribution in [-0.4, -0.2) is 108 Å². The van der Waals surface area contributed by atoms with Gasteiger partial charge in [0.15, 0.2) is 18.7 Å². The Morgan fingerprint density at radius 2 is 1.75 bits per heavy atom. The number of methoxy groups -OCH3 is 1. The number of carbonyl (C=O) groups excluding carboxylic acids is 2. The van der Waals surface area contributed by atoms with Crippen LogP contribution in [0.3, 0.4) is 0 Å². The minimum atomic E-state index is -1.83. The lowest BCUT2D eigenvalue weighted by atomic mass is 9.72. The molecule has 2 aromatic rings. The van der Waals surface area contributed by atoms with E-state index in [1.54, 1.807) is 51.1 Å². The third-order valence-electron chi connectivity index (χ3n) is 11.3. The summed E-state index contributed by atoms with van der Waals surface area (Å²) in [5, 5.41) is 35.1. The molecule has 15 heteroatoms. The van der Waals surface area contributed by atoms with Gasteiger partial charge in [-0.2, -0.15) is 0 Å². The second kappa shape index (κ2) is 13.6. The highest BCUT2D eigenvalue weighted by atomic mass is 16.8. The Balaban J connectivity index is 1.22. The molecule has 3 fully saturated rings. The van der Waals surface area contributed by atoms with Crippen molar-refractivity contribution < 1.29 is 67.5 Å². The van der Waals surface area contributed by atoms with Crippen LogP contribution in [0.4, 0.5) is 0 Å². The number of carbonyl (C=O) groups is 2. The van der Waals surface area contributed by atoms with Crippen LogP contribution in [0.25, 0.3) is 10.8 Å². The van der Waals surface area contributed by atoms with E-state index in [1.807, 2.05) is 0 Å². The first-order valence-electron chi connectivity index (χ1n) is 18.0. The molecule has 13 atom stereocenters. The molecule has 3 saturated heterocycles. The number of esters is 2. The highest BCUT2D eigenvalue weighted by molar-refractivity contribution is 6.11. The molecule has 0 amide bonds.